The third-order valence-electron chi connectivity index (χ3n) is 5.33. The van der Waals surface area contributed by atoms with Gasteiger partial charge in [-0.3, -0.25) is 4.79 Å². The molecule has 1 aliphatic carbocycles. The summed E-state index contributed by atoms with van der Waals surface area (Å²) in [5.41, 5.74) is 0. The third kappa shape index (κ3) is 5.26. The maximum Gasteiger partial charge on any atom is 0.237 e. The molecule has 22 heavy (non-hydrogen) atoms. The average molecular weight is 352 g/mol. The fourth-order valence-electron chi connectivity index (χ4n) is 4.16. The predicted octanol–water partition coefficient (Wildman–Crippen LogP) is 2.35. The van der Waals surface area contributed by atoms with E-state index in [9.17, 15) is 4.79 Å². The highest BCUT2D eigenvalue weighted by atomic mass is 35.5. The van der Waals surface area contributed by atoms with Crippen molar-refractivity contribution in [3.8, 4) is 0 Å². The van der Waals surface area contributed by atoms with Crippen LogP contribution in [0.2, 0.25) is 0 Å². The van der Waals surface area contributed by atoms with E-state index in [0.717, 1.165) is 31.8 Å². The Bertz CT molecular complexity index is 323. The second-order valence-corrected chi connectivity index (χ2v) is 6.80. The van der Waals surface area contributed by atoms with E-state index in [-0.39, 0.29) is 36.8 Å². The molecule has 3 fully saturated rings. The van der Waals surface area contributed by atoms with Gasteiger partial charge in [-0.25, -0.2) is 0 Å². The van der Waals surface area contributed by atoms with Crippen molar-refractivity contribution in [1.29, 1.82) is 0 Å². The van der Waals surface area contributed by atoms with Crippen LogP contribution in [0.3, 0.4) is 0 Å². The Morgan fingerprint density at radius 2 is 1.82 bits per heavy atom. The lowest BCUT2D eigenvalue weighted by Crippen LogP contribution is -2.43. The molecule has 0 radical (unpaired) electrons. The molecule has 3 aliphatic rings. The zero-order valence-corrected chi connectivity index (χ0v) is 15.0. The van der Waals surface area contributed by atoms with E-state index >= 15 is 0 Å². The van der Waals surface area contributed by atoms with Crippen LogP contribution >= 0.6 is 24.8 Å². The molecule has 2 N–H and O–H groups in total. The fraction of sp³-hybridized carbons (Fsp3) is 0.938. The zero-order chi connectivity index (χ0) is 13.8. The summed E-state index contributed by atoms with van der Waals surface area (Å²) in [5.74, 6) is 0.991. The third-order valence-corrected chi connectivity index (χ3v) is 5.33. The van der Waals surface area contributed by atoms with Crippen LogP contribution in [0, 0.1) is 5.92 Å². The summed E-state index contributed by atoms with van der Waals surface area (Å²) in [6.07, 6.45) is 10.1. The number of fused-ring (bicyclic) bond motifs is 1. The van der Waals surface area contributed by atoms with Crippen molar-refractivity contribution in [2.45, 2.75) is 63.5 Å². The van der Waals surface area contributed by atoms with E-state index in [1.807, 2.05) is 0 Å². The van der Waals surface area contributed by atoms with Crippen molar-refractivity contribution in [2.75, 3.05) is 26.2 Å². The molecule has 3 unspecified atom stereocenters. The van der Waals surface area contributed by atoms with Crippen molar-refractivity contribution in [3.05, 3.63) is 0 Å². The van der Waals surface area contributed by atoms with E-state index in [0.29, 0.717) is 6.04 Å². The lowest BCUT2D eigenvalue weighted by atomic mass is 9.85. The number of carbonyl (C=O) groups is 1. The fourth-order valence-corrected chi connectivity index (χ4v) is 4.16. The Balaban J connectivity index is 0.00000121. The number of halogens is 2. The monoisotopic (exact) mass is 351 g/mol. The summed E-state index contributed by atoms with van der Waals surface area (Å²) >= 11 is 0. The molecule has 0 aromatic carbocycles. The highest BCUT2D eigenvalue weighted by Crippen LogP contribution is 2.33. The number of hydrogen-bond donors (Lipinski definition) is 2. The number of rotatable bonds is 5. The molecule has 2 saturated heterocycles. The van der Waals surface area contributed by atoms with Gasteiger partial charge >= 0.3 is 0 Å². The summed E-state index contributed by atoms with van der Waals surface area (Å²) in [6, 6.07) is 0.694. The molecule has 6 heteroatoms. The largest absolute Gasteiger partial charge is 0.355 e. The maximum atomic E-state index is 12.2. The van der Waals surface area contributed by atoms with Crippen LogP contribution in [0.4, 0.5) is 0 Å². The summed E-state index contributed by atoms with van der Waals surface area (Å²) in [6.45, 7) is 4.48. The van der Waals surface area contributed by atoms with Gasteiger partial charge in [-0.05, 0) is 64.1 Å². The number of carbonyl (C=O) groups excluding carboxylic acids is 1. The van der Waals surface area contributed by atoms with Gasteiger partial charge in [-0.1, -0.05) is 12.8 Å². The number of hydrogen-bond acceptors (Lipinski definition) is 3. The summed E-state index contributed by atoms with van der Waals surface area (Å²) < 4.78 is 0. The van der Waals surface area contributed by atoms with Gasteiger partial charge in [0.15, 0.2) is 0 Å². The van der Waals surface area contributed by atoms with E-state index in [1.54, 1.807) is 0 Å². The highest BCUT2D eigenvalue weighted by Gasteiger charge is 2.37. The van der Waals surface area contributed by atoms with Gasteiger partial charge < -0.3 is 15.5 Å². The summed E-state index contributed by atoms with van der Waals surface area (Å²) in [7, 11) is 0. The molecule has 2 heterocycles. The Morgan fingerprint density at radius 1 is 1.09 bits per heavy atom. The number of likely N-dealkylation sites (tertiary alicyclic amines) is 1. The molecule has 2 aliphatic heterocycles. The molecule has 3 atom stereocenters. The molecule has 1 saturated carbocycles. The second-order valence-electron chi connectivity index (χ2n) is 6.80. The Hall–Kier alpha value is -0.0300. The smallest absolute Gasteiger partial charge is 0.237 e. The lowest BCUT2D eigenvalue weighted by molar-refractivity contribution is -0.122. The number of nitrogens with one attached hydrogen (secondary N) is 2. The number of amides is 1. The molecule has 0 aromatic rings. The molecule has 0 spiro atoms. The molecule has 3 rings (SSSR count). The van der Waals surface area contributed by atoms with Crippen LogP contribution in [-0.4, -0.2) is 49.1 Å². The van der Waals surface area contributed by atoms with Crippen molar-refractivity contribution in [1.82, 2.24) is 15.5 Å². The average Bonchev–Trinajstić information content (AvgIpc) is 3.12. The minimum Gasteiger partial charge on any atom is -0.355 e. The quantitative estimate of drug-likeness (QED) is 0.747. The van der Waals surface area contributed by atoms with Gasteiger partial charge in [0.2, 0.25) is 5.91 Å². The van der Waals surface area contributed by atoms with Gasteiger partial charge in [0.25, 0.3) is 0 Å². The molecule has 0 aromatic heterocycles. The lowest BCUT2D eigenvalue weighted by Gasteiger charge is -2.24. The van der Waals surface area contributed by atoms with Crippen molar-refractivity contribution in [2.24, 2.45) is 5.92 Å². The van der Waals surface area contributed by atoms with Crippen molar-refractivity contribution >= 4 is 30.7 Å². The molecular weight excluding hydrogens is 321 g/mol. The van der Waals surface area contributed by atoms with Gasteiger partial charge in [-0.15, -0.1) is 24.8 Å². The standard InChI is InChI=1S/C16H29N3O.2ClH/c20-16(17-8-5-11-19-9-3-4-10-19)15-12-13-6-1-2-7-14(13)18-15;;/h13-15,18H,1-12H2,(H,17,20);2*1H. The molecule has 4 nitrogen and oxygen atoms in total. The maximum absolute atomic E-state index is 12.2. The Morgan fingerprint density at radius 3 is 2.55 bits per heavy atom. The minimum atomic E-state index is 0. The first-order valence-electron chi connectivity index (χ1n) is 8.59. The van der Waals surface area contributed by atoms with Crippen LogP contribution in [0.1, 0.15) is 51.4 Å². The van der Waals surface area contributed by atoms with Gasteiger partial charge in [-0.2, -0.15) is 0 Å². The van der Waals surface area contributed by atoms with Crippen molar-refractivity contribution in [3.63, 3.8) is 0 Å². The highest BCUT2D eigenvalue weighted by molar-refractivity contribution is 5.85. The summed E-state index contributed by atoms with van der Waals surface area (Å²) in [4.78, 5) is 14.7. The van der Waals surface area contributed by atoms with Crippen LogP contribution in [-0.2, 0) is 4.79 Å². The summed E-state index contributed by atoms with van der Waals surface area (Å²) in [5, 5.41) is 6.68. The predicted molar refractivity (Wildman–Crippen MR) is 95.1 cm³/mol. The van der Waals surface area contributed by atoms with E-state index in [4.69, 9.17) is 0 Å². The second kappa shape index (κ2) is 9.96. The number of nitrogens with zero attached hydrogens (tertiary/aromatic N) is 1. The van der Waals surface area contributed by atoms with Gasteiger partial charge in [0.05, 0.1) is 6.04 Å². The van der Waals surface area contributed by atoms with E-state index < -0.39 is 0 Å². The molecular formula is C16H31Cl2N3O. The minimum absolute atomic E-state index is 0. The first-order valence-corrected chi connectivity index (χ1v) is 8.59. The van der Waals surface area contributed by atoms with E-state index in [1.165, 1.54) is 51.6 Å². The van der Waals surface area contributed by atoms with Crippen LogP contribution in [0.5, 0.6) is 0 Å². The van der Waals surface area contributed by atoms with Crippen LogP contribution in [0.25, 0.3) is 0 Å². The normalized spacial score (nSPS) is 31.0. The zero-order valence-electron chi connectivity index (χ0n) is 13.4. The van der Waals surface area contributed by atoms with Gasteiger partial charge in [0, 0.05) is 12.6 Å². The van der Waals surface area contributed by atoms with Gasteiger partial charge in [0.1, 0.15) is 0 Å². The van der Waals surface area contributed by atoms with Crippen LogP contribution in [0.15, 0.2) is 0 Å². The molecule has 0 bridgehead atoms. The Labute approximate surface area is 147 Å². The Kier molecular flexibility index (Phi) is 9.07. The van der Waals surface area contributed by atoms with Crippen LogP contribution < -0.4 is 10.6 Å². The first kappa shape index (κ1) is 20.0. The topological polar surface area (TPSA) is 44.4 Å². The molecule has 1 amide bonds. The van der Waals surface area contributed by atoms with E-state index in [2.05, 4.69) is 15.5 Å². The van der Waals surface area contributed by atoms with Crippen molar-refractivity contribution < 1.29 is 4.79 Å². The molecule has 130 valence electrons. The SMILES string of the molecule is Cl.Cl.O=C(NCCCN1CCCC1)C1CC2CCCCC2N1. The first-order chi connectivity index (χ1) is 9.83.